The SMILES string of the molecule is C=Nc1ccc(N=O)cc1.O=Nc1ccc(NO)cc1. The molecule has 0 aliphatic heterocycles. The van der Waals surface area contributed by atoms with Crippen LogP contribution in [0.25, 0.3) is 0 Å². The molecule has 0 saturated heterocycles. The topological polar surface area (TPSA) is 103 Å². The summed E-state index contributed by atoms with van der Waals surface area (Å²) >= 11 is 0. The van der Waals surface area contributed by atoms with Gasteiger partial charge in [0.1, 0.15) is 11.4 Å². The highest BCUT2D eigenvalue weighted by atomic mass is 16.5. The van der Waals surface area contributed by atoms with E-state index in [2.05, 4.69) is 22.1 Å². The predicted molar refractivity (Wildman–Crippen MR) is 78.4 cm³/mol. The first-order valence-electron chi connectivity index (χ1n) is 5.47. The van der Waals surface area contributed by atoms with Gasteiger partial charge in [0, 0.05) is 0 Å². The van der Waals surface area contributed by atoms with Gasteiger partial charge < -0.3 is 0 Å². The predicted octanol–water partition coefficient (Wildman–Crippen LogP) is 4.30. The summed E-state index contributed by atoms with van der Waals surface area (Å²) in [6.45, 7) is 3.33. The van der Waals surface area contributed by atoms with Gasteiger partial charge in [-0.3, -0.25) is 15.7 Å². The average Bonchev–Trinajstić information content (AvgIpc) is 2.55. The summed E-state index contributed by atoms with van der Waals surface area (Å²) in [5, 5.41) is 13.8. The molecule has 2 aromatic rings. The summed E-state index contributed by atoms with van der Waals surface area (Å²) in [5.74, 6) is 0. The second-order valence-corrected chi connectivity index (χ2v) is 3.52. The molecule has 0 aromatic heterocycles. The van der Waals surface area contributed by atoms with Gasteiger partial charge in [-0.05, 0) is 65.6 Å². The second kappa shape index (κ2) is 8.22. The number of nitrogens with zero attached hydrogens (tertiary/aromatic N) is 3. The van der Waals surface area contributed by atoms with Crippen molar-refractivity contribution in [2.75, 3.05) is 5.48 Å². The molecule has 0 spiro atoms. The number of anilines is 1. The van der Waals surface area contributed by atoms with Gasteiger partial charge in [0.15, 0.2) is 0 Å². The van der Waals surface area contributed by atoms with E-state index in [0.717, 1.165) is 5.69 Å². The normalized spacial score (nSPS) is 8.85. The smallest absolute Gasteiger partial charge is 0.108 e. The maximum Gasteiger partial charge on any atom is 0.108 e. The summed E-state index contributed by atoms with van der Waals surface area (Å²) in [5.41, 5.74) is 3.97. The zero-order chi connectivity index (χ0) is 14.8. The van der Waals surface area contributed by atoms with Crippen LogP contribution >= 0.6 is 0 Å². The number of nitrogens with one attached hydrogen (secondary N) is 1. The largest absolute Gasteiger partial charge is 0.291 e. The first kappa shape index (κ1) is 15.1. The number of benzene rings is 2. The molecular formula is C13H12N4O3. The maximum atomic E-state index is 9.91. The van der Waals surface area contributed by atoms with Crippen molar-refractivity contribution in [2.24, 2.45) is 15.3 Å². The summed E-state index contributed by atoms with van der Waals surface area (Å²) < 4.78 is 0. The van der Waals surface area contributed by atoms with E-state index in [9.17, 15) is 9.81 Å². The van der Waals surface area contributed by atoms with E-state index < -0.39 is 0 Å². The van der Waals surface area contributed by atoms with Crippen LogP contribution in [0.1, 0.15) is 0 Å². The van der Waals surface area contributed by atoms with Crippen LogP contribution in [0.4, 0.5) is 22.7 Å². The van der Waals surface area contributed by atoms with Gasteiger partial charge in [0.05, 0.1) is 11.4 Å². The van der Waals surface area contributed by atoms with E-state index in [1.54, 1.807) is 36.4 Å². The first-order chi connectivity index (χ1) is 9.73. The molecule has 102 valence electrons. The Hall–Kier alpha value is -2.93. The highest BCUT2D eigenvalue weighted by Gasteiger charge is 1.90. The molecule has 20 heavy (non-hydrogen) atoms. The summed E-state index contributed by atoms with van der Waals surface area (Å²) in [6, 6.07) is 12.7. The molecule has 0 aliphatic rings. The number of nitroso groups, excluding NO2 is 2. The standard InChI is InChI=1S/C7H6N2O.C6H6N2O2/c1-8-6-2-4-7(9-10)5-3-6;9-7-5-1-2-6(8-10)4-3-5/h2-5H,1H2;1-4,7,9H. The minimum atomic E-state index is 0.346. The Morgan fingerprint density at radius 2 is 1.20 bits per heavy atom. The van der Waals surface area contributed by atoms with Crippen LogP contribution in [-0.2, 0) is 0 Å². The van der Waals surface area contributed by atoms with Gasteiger partial charge in [-0.25, -0.2) is 0 Å². The fourth-order valence-corrected chi connectivity index (χ4v) is 1.22. The van der Waals surface area contributed by atoms with Crippen molar-refractivity contribution in [3.8, 4) is 0 Å². The zero-order valence-electron chi connectivity index (χ0n) is 10.4. The molecule has 7 heteroatoms. The lowest BCUT2D eigenvalue weighted by Gasteiger charge is -1.95. The molecule has 0 fully saturated rings. The van der Waals surface area contributed by atoms with Gasteiger partial charge in [0.25, 0.3) is 0 Å². The monoisotopic (exact) mass is 272 g/mol. The highest BCUT2D eigenvalue weighted by molar-refractivity contribution is 5.51. The Labute approximate surface area is 114 Å². The molecule has 0 radical (unpaired) electrons. The minimum Gasteiger partial charge on any atom is -0.291 e. The molecule has 2 N–H and O–H groups in total. The van der Waals surface area contributed by atoms with Crippen molar-refractivity contribution < 1.29 is 5.21 Å². The van der Waals surface area contributed by atoms with Crippen LogP contribution in [0, 0.1) is 9.81 Å². The van der Waals surface area contributed by atoms with Crippen LogP contribution < -0.4 is 5.48 Å². The molecule has 0 bridgehead atoms. The lowest BCUT2D eigenvalue weighted by molar-refractivity contribution is 0.389. The van der Waals surface area contributed by atoms with Crippen molar-refractivity contribution >= 4 is 29.5 Å². The molecule has 0 aliphatic carbocycles. The molecule has 0 atom stereocenters. The van der Waals surface area contributed by atoms with Crippen LogP contribution in [0.3, 0.4) is 0 Å². The number of aliphatic imine (C=N–C) groups is 1. The minimum absolute atomic E-state index is 0.346. The van der Waals surface area contributed by atoms with Gasteiger partial charge in [-0.15, -0.1) is 9.81 Å². The van der Waals surface area contributed by atoms with E-state index in [-0.39, 0.29) is 0 Å². The van der Waals surface area contributed by atoms with Gasteiger partial charge in [-0.2, -0.15) is 0 Å². The lowest BCUT2D eigenvalue weighted by atomic mass is 10.3. The zero-order valence-corrected chi connectivity index (χ0v) is 10.4. The van der Waals surface area contributed by atoms with E-state index in [1.807, 2.05) is 5.48 Å². The van der Waals surface area contributed by atoms with E-state index in [4.69, 9.17) is 5.21 Å². The Morgan fingerprint density at radius 3 is 1.55 bits per heavy atom. The summed E-state index contributed by atoms with van der Waals surface area (Å²) in [7, 11) is 0. The Bertz CT molecular complexity index is 540. The third-order valence-electron chi connectivity index (χ3n) is 2.24. The van der Waals surface area contributed by atoms with Gasteiger partial charge in [0.2, 0.25) is 0 Å². The van der Waals surface area contributed by atoms with Crippen molar-refractivity contribution in [3.05, 3.63) is 58.3 Å². The first-order valence-corrected chi connectivity index (χ1v) is 5.47. The molecule has 0 unspecified atom stereocenters. The molecule has 0 amide bonds. The van der Waals surface area contributed by atoms with Crippen LogP contribution in [0.2, 0.25) is 0 Å². The Balaban J connectivity index is 0.000000200. The highest BCUT2D eigenvalue weighted by Crippen LogP contribution is 2.17. The Morgan fingerprint density at radius 1 is 0.800 bits per heavy atom. The van der Waals surface area contributed by atoms with Gasteiger partial charge in [-0.1, -0.05) is 0 Å². The van der Waals surface area contributed by atoms with Crippen molar-refractivity contribution in [2.45, 2.75) is 0 Å². The fraction of sp³-hybridized carbons (Fsp3) is 0. The van der Waals surface area contributed by atoms with Crippen molar-refractivity contribution in [3.63, 3.8) is 0 Å². The molecular weight excluding hydrogens is 260 g/mol. The molecule has 0 saturated carbocycles. The maximum absolute atomic E-state index is 9.91. The fourth-order valence-electron chi connectivity index (χ4n) is 1.22. The number of hydrogen-bond acceptors (Lipinski definition) is 7. The van der Waals surface area contributed by atoms with Crippen molar-refractivity contribution in [1.29, 1.82) is 0 Å². The van der Waals surface area contributed by atoms with E-state index in [0.29, 0.717) is 17.1 Å². The van der Waals surface area contributed by atoms with Crippen LogP contribution in [-0.4, -0.2) is 11.9 Å². The van der Waals surface area contributed by atoms with Crippen molar-refractivity contribution in [1.82, 2.24) is 0 Å². The molecule has 2 aromatic carbocycles. The molecule has 0 heterocycles. The summed E-state index contributed by atoms with van der Waals surface area (Å²) in [4.78, 5) is 23.4. The van der Waals surface area contributed by atoms with E-state index >= 15 is 0 Å². The van der Waals surface area contributed by atoms with Gasteiger partial charge >= 0.3 is 0 Å². The summed E-state index contributed by atoms with van der Waals surface area (Å²) in [6.07, 6.45) is 0. The quantitative estimate of drug-likeness (QED) is 0.491. The average molecular weight is 272 g/mol. The second-order valence-electron chi connectivity index (χ2n) is 3.52. The number of hydrogen-bond donors (Lipinski definition) is 2. The lowest BCUT2D eigenvalue weighted by Crippen LogP contribution is -1.86. The van der Waals surface area contributed by atoms with Crippen LogP contribution in [0.15, 0.2) is 63.9 Å². The third-order valence-corrected chi connectivity index (χ3v) is 2.24. The van der Waals surface area contributed by atoms with Crippen LogP contribution in [0.5, 0.6) is 0 Å². The molecule has 2 rings (SSSR count). The number of rotatable bonds is 4. The van der Waals surface area contributed by atoms with E-state index in [1.165, 1.54) is 12.1 Å². The molecule has 7 nitrogen and oxygen atoms in total. The Kier molecular flexibility index (Phi) is 6.22. The third kappa shape index (κ3) is 4.75.